The van der Waals surface area contributed by atoms with Crippen molar-refractivity contribution in [3.05, 3.63) is 29.0 Å². The Bertz CT molecular complexity index is 394. The topological polar surface area (TPSA) is 42.4 Å². The largest absolute Gasteiger partial charge is 0.468 e. The standard InChI is InChI=1S/C12H15ClN2O2/c1-17-12(16)10-3-2-6-15(10)8-9-4-5-11(13)14-7-9/h4-5,7,10H,2-3,6,8H2,1H3. The van der Waals surface area contributed by atoms with E-state index in [2.05, 4.69) is 9.88 Å². The molecule has 1 unspecified atom stereocenters. The van der Waals surface area contributed by atoms with Crippen molar-refractivity contribution in [2.75, 3.05) is 13.7 Å². The molecule has 2 rings (SSSR count). The summed E-state index contributed by atoms with van der Waals surface area (Å²) in [4.78, 5) is 17.7. The third-order valence-electron chi connectivity index (χ3n) is 3.01. The minimum absolute atomic E-state index is 0.115. The molecule has 17 heavy (non-hydrogen) atoms. The molecule has 1 saturated heterocycles. The van der Waals surface area contributed by atoms with E-state index in [-0.39, 0.29) is 12.0 Å². The molecule has 1 aliphatic rings. The fourth-order valence-corrected chi connectivity index (χ4v) is 2.26. The zero-order valence-electron chi connectivity index (χ0n) is 9.73. The first-order chi connectivity index (χ1) is 8.20. The molecule has 92 valence electrons. The number of nitrogens with zero attached hydrogens (tertiary/aromatic N) is 2. The van der Waals surface area contributed by atoms with Crippen LogP contribution in [0.4, 0.5) is 0 Å². The molecular weight excluding hydrogens is 240 g/mol. The highest BCUT2D eigenvalue weighted by atomic mass is 35.5. The highest BCUT2D eigenvalue weighted by Crippen LogP contribution is 2.21. The number of likely N-dealkylation sites (tertiary alicyclic amines) is 1. The van der Waals surface area contributed by atoms with Crippen molar-refractivity contribution in [2.45, 2.75) is 25.4 Å². The third-order valence-corrected chi connectivity index (χ3v) is 3.23. The average Bonchev–Trinajstić information content (AvgIpc) is 2.79. The Morgan fingerprint density at radius 2 is 2.47 bits per heavy atom. The van der Waals surface area contributed by atoms with Crippen LogP contribution in [0.25, 0.3) is 0 Å². The van der Waals surface area contributed by atoms with Crippen LogP contribution < -0.4 is 0 Å². The summed E-state index contributed by atoms with van der Waals surface area (Å²) in [6, 6.07) is 3.58. The number of carbonyl (C=O) groups is 1. The molecule has 4 nitrogen and oxygen atoms in total. The van der Waals surface area contributed by atoms with Gasteiger partial charge in [0.25, 0.3) is 0 Å². The summed E-state index contributed by atoms with van der Waals surface area (Å²) in [7, 11) is 1.43. The van der Waals surface area contributed by atoms with Gasteiger partial charge in [-0.3, -0.25) is 9.69 Å². The Morgan fingerprint density at radius 3 is 3.12 bits per heavy atom. The molecule has 1 aromatic rings. The van der Waals surface area contributed by atoms with Crippen LogP contribution >= 0.6 is 11.6 Å². The number of pyridine rings is 1. The smallest absolute Gasteiger partial charge is 0.323 e. The normalized spacial score (nSPS) is 20.5. The van der Waals surface area contributed by atoms with Gasteiger partial charge in [-0.1, -0.05) is 17.7 Å². The second-order valence-corrected chi connectivity index (χ2v) is 4.53. The molecule has 0 aliphatic carbocycles. The first-order valence-corrected chi connectivity index (χ1v) is 6.01. The second-order valence-electron chi connectivity index (χ2n) is 4.14. The van der Waals surface area contributed by atoms with Crippen LogP contribution in [0.1, 0.15) is 18.4 Å². The van der Waals surface area contributed by atoms with Crippen molar-refractivity contribution in [1.82, 2.24) is 9.88 Å². The number of hydrogen-bond acceptors (Lipinski definition) is 4. The molecule has 0 spiro atoms. The van der Waals surface area contributed by atoms with Gasteiger partial charge < -0.3 is 4.74 Å². The number of carbonyl (C=O) groups excluding carboxylic acids is 1. The molecular formula is C12H15ClN2O2. The van der Waals surface area contributed by atoms with Gasteiger partial charge in [0.1, 0.15) is 11.2 Å². The maximum atomic E-state index is 11.6. The van der Waals surface area contributed by atoms with Crippen LogP contribution in [-0.2, 0) is 16.1 Å². The Labute approximate surface area is 106 Å². The quantitative estimate of drug-likeness (QED) is 0.610. The number of aromatic nitrogens is 1. The van der Waals surface area contributed by atoms with E-state index in [4.69, 9.17) is 16.3 Å². The number of rotatable bonds is 3. The molecule has 0 bridgehead atoms. The van der Waals surface area contributed by atoms with Gasteiger partial charge in [0, 0.05) is 12.7 Å². The average molecular weight is 255 g/mol. The summed E-state index contributed by atoms with van der Waals surface area (Å²) in [6.07, 6.45) is 3.64. The van der Waals surface area contributed by atoms with Crippen LogP contribution in [0.3, 0.4) is 0 Å². The number of esters is 1. The highest BCUT2D eigenvalue weighted by molar-refractivity contribution is 6.29. The predicted octanol–water partition coefficient (Wildman–Crippen LogP) is 1.87. The molecule has 1 aromatic heterocycles. The van der Waals surface area contributed by atoms with Gasteiger partial charge in [0.2, 0.25) is 0 Å². The summed E-state index contributed by atoms with van der Waals surface area (Å²) >= 11 is 5.73. The molecule has 0 N–H and O–H groups in total. The van der Waals surface area contributed by atoms with Gasteiger partial charge >= 0.3 is 5.97 Å². The summed E-state index contributed by atoms with van der Waals surface area (Å²) in [5, 5.41) is 0.486. The Kier molecular flexibility index (Phi) is 3.97. The fraction of sp³-hybridized carbons (Fsp3) is 0.500. The van der Waals surface area contributed by atoms with E-state index in [1.54, 1.807) is 12.3 Å². The summed E-state index contributed by atoms with van der Waals surface area (Å²) in [5.74, 6) is -0.149. The lowest BCUT2D eigenvalue weighted by molar-refractivity contribution is -0.146. The first-order valence-electron chi connectivity index (χ1n) is 5.63. The maximum Gasteiger partial charge on any atom is 0.323 e. The van der Waals surface area contributed by atoms with E-state index in [1.807, 2.05) is 6.07 Å². The number of halogens is 1. The predicted molar refractivity (Wildman–Crippen MR) is 64.7 cm³/mol. The zero-order valence-corrected chi connectivity index (χ0v) is 10.5. The lowest BCUT2D eigenvalue weighted by Gasteiger charge is -2.22. The van der Waals surface area contributed by atoms with Gasteiger partial charge in [-0.2, -0.15) is 0 Å². The second kappa shape index (κ2) is 5.47. The van der Waals surface area contributed by atoms with Crippen LogP contribution in [0.15, 0.2) is 18.3 Å². The zero-order chi connectivity index (χ0) is 12.3. The molecule has 0 amide bonds. The SMILES string of the molecule is COC(=O)C1CCCN1Cc1ccc(Cl)nc1. The number of methoxy groups -OCH3 is 1. The summed E-state index contributed by atoms with van der Waals surface area (Å²) in [5.41, 5.74) is 1.06. The monoisotopic (exact) mass is 254 g/mol. The van der Waals surface area contributed by atoms with Gasteiger partial charge in [-0.05, 0) is 31.0 Å². The van der Waals surface area contributed by atoms with Crippen molar-refractivity contribution < 1.29 is 9.53 Å². The van der Waals surface area contributed by atoms with Crippen LogP contribution in [0.5, 0.6) is 0 Å². The summed E-state index contributed by atoms with van der Waals surface area (Å²) in [6.45, 7) is 1.63. The van der Waals surface area contributed by atoms with Crippen LogP contribution in [0.2, 0.25) is 5.15 Å². The lowest BCUT2D eigenvalue weighted by Crippen LogP contribution is -2.36. The Morgan fingerprint density at radius 1 is 1.65 bits per heavy atom. The van der Waals surface area contributed by atoms with Crippen LogP contribution in [0, 0.1) is 0 Å². The van der Waals surface area contributed by atoms with E-state index in [9.17, 15) is 4.79 Å². The molecule has 2 heterocycles. The molecule has 0 saturated carbocycles. The van der Waals surface area contributed by atoms with E-state index in [1.165, 1.54) is 7.11 Å². The molecule has 1 atom stereocenters. The number of hydrogen-bond donors (Lipinski definition) is 0. The Balaban J connectivity index is 2.02. The van der Waals surface area contributed by atoms with E-state index >= 15 is 0 Å². The fourth-order valence-electron chi connectivity index (χ4n) is 2.15. The van der Waals surface area contributed by atoms with Crippen molar-refractivity contribution in [2.24, 2.45) is 0 Å². The van der Waals surface area contributed by atoms with Crippen molar-refractivity contribution in [3.63, 3.8) is 0 Å². The van der Waals surface area contributed by atoms with Gasteiger partial charge in [0.15, 0.2) is 0 Å². The highest BCUT2D eigenvalue weighted by Gasteiger charge is 2.31. The van der Waals surface area contributed by atoms with Gasteiger partial charge in [-0.25, -0.2) is 4.98 Å². The van der Waals surface area contributed by atoms with E-state index in [0.29, 0.717) is 11.7 Å². The maximum absolute atomic E-state index is 11.6. The first kappa shape index (κ1) is 12.3. The molecule has 5 heteroatoms. The van der Waals surface area contributed by atoms with Crippen molar-refractivity contribution >= 4 is 17.6 Å². The van der Waals surface area contributed by atoms with E-state index in [0.717, 1.165) is 24.9 Å². The molecule has 0 aromatic carbocycles. The number of ether oxygens (including phenoxy) is 1. The minimum Gasteiger partial charge on any atom is -0.468 e. The minimum atomic E-state index is -0.149. The summed E-state index contributed by atoms with van der Waals surface area (Å²) < 4.78 is 4.80. The van der Waals surface area contributed by atoms with Gasteiger partial charge in [-0.15, -0.1) is 0 Å². The molecule has 1 aliphatic heterocycles. The third kappa shape index (κ3) is 2.96. The molecule has 1 fully saturated rings. The van der Waals surface area contributed by atoms with Gasteiger partial charge in [0.05, 0.1) is 7.11 Å². The lowest BCUT2D eigenvalue weighted by atomic mass is 10.2. The van der Waals surface area contributed by atoms with Crippen molar-refractivity contribution in [1.29, 1.82) is 0 Å². The van der Waals surface area contributed by atoms with E-state index < -0.39 is 0 Å². The van der Waals surface area contributed by atoms with Crippen LogP contribution in [-0.4, -0.2) is 35.5 Å². The van der Waals surface area contributed by atoms with Crippen molar-refractivity contribution in [3.8, 4) is 0 Å². The molecule has 0 radical (unpaired) electrons. The Hall–Kier alpha value is -1.13.